The fraction of sp³-hybridized carbons (Fsp3) is 0.333. The van der Waals surface area contributed by atoms with Crippen LogP contribution in [-0.2, 0) is 5.41 Å². The Kier molecular flexibility index (Phi) is 2.63. The first-order valence-corrected chi connectivity index (χ1v) is 5.74. The van der Waals surface area contributed by atoms with E-state index in [9.17, 15) is 0 Å². The van der Waals surface area contributed by atoms with E-state index in [1.807, 2.05) is 19.1 Å². The number of nitriles is 1. The maximum Gasteiger partial charge on any atom is 0.0992 e. The van der Waals surface area contributed by atoms with Gasteiger partial charge in [-0.15, -0.1) is 0 Å². The molecule has 0 aliphatic rings. The molecule has 86 valence electrons. The van der Waals surface area contributed by atoms with Crippen molar-refractivity contribution in [2.45, 2.75) is 33.1 Å². The molecule has 2 heteroatoms. The Morgan fingerprint density at radius 3 is 2.47 bits per heavy atom. The van der Waals surface area contributed by atoms with Gasteiger partial charge in [-0.05, 0) is 30.7 Å². The molecule has 0 unspecified atom stereocenters. The molecule has 0 spiro atoms. The maximum absolute atomic E-state index is 8.97. The zero-order valence-corrected chi connectivity index (χ0v) is 10.7. The van der Waals surface area contributed by atoms with Gasteiger partial charge in [-0.3, -0.25) is 4.98 Å². The van der Waals surface area contributed by atoms with Crippen LogP contribution < -0.4 is 0 Å². The van der Waals surface area contributed by atoms with Gasteiger partial charge in [0.1, 0.15) is 0 Å². The molecule has 1 aromatic heterocycles. The summed E-state index contributed by atoms with van der Waals surface area (Å²) in [6, 6.07) is 10.1. The Hall–Kier alpha value is -1.88. The fourth-order valence-corrected chi connectivity index (χ4v) is 1.90. The van der Waals surface area contributed by atoms with E-state index in [0.717, 1.165) is 22.2 Å². The van der Waals surface area contributed by atoms with Crippen LogP contribution in [0.1, 0.15) is 37.6 Å². The topological polar surface area (TPSA) is 36.7 Å². The molecule has 0 aliphatic carbocycles. The Bertz CT molecular complexity index is 613. The lowest BCUT2D eigenvalue weighted by Gasteiger charge is -2.18. The number of aromatic nitrogens is 1. The first-order valence-electron chi connectivity index (χ1n) is 5.74. The number of benzene rings is 1. The van der Waals surface area contributed by atoms with E-state index in [1.54, 1.807) is 0 Å². The summed E-state index contributed by atoms with van der Waals surface area (Å²) in [4.78, 5) is 4.66. The van der Waals surface area contributed by atoms with Gasteiger partial charge in [-0.25, -0.2) is 0 Å². The molecule has 1 aromatic carbocycles. The smallest absolute Gasteiger partial charge is 0.0992 e. The zero-order chi connectivity index (χ0) is 12.6. The lowest BCUT2D eigenvalue weighted by molar-refractivity contribution is 0.571. The van der Waals surface area contributed by atoms with Crippen LogP contribution in [0.3, 0.4) is 0 Å². The van der Waals surface area contributed by atoms with Gasteiger partial charge in [0, 0.05) is 16.5 Å². The summed E-state index contributed by atoms with van der Waals surface area (Å²) in [5.74, 6) is 0. The van der Waals surface area contributed by atoms with Crippen LogP contribution in [0.2, 0.25) is 0 Å². The lowest BCUT2D eigenvalue weighted by Crippen LogP contribution is -2.13. The van der Waals surface area contributed by atoms with Crippen LogP contribution in [0.15, 0.2) is 24.3 Å². The summed E-state index contributed by atoms with van der Waals surface area (Å²) in [6.45, 7) is 8.44. The summed E-state index contributed by atoms with van der Waals surface area (Å²) in [6.07, 6.45) is 0. The number of aryl methyl sites for hydroxylation is 1. The number of hydrogen-bond donors (Lipinski definition) is 0. The lowest BCUT2D eigenvalue weighted by atomic mass is 9.91. The maximum atomic E-state index is 8.97. The monoisotopic (exact) mass is 224 g/mol. The number of fused-ring (bicyclic) bond motifs is 1. The van der Waals surface area contributed by atoms with E-state index < -0.39 is 0 Å². The molecule has 0 saturated heterocycles. The van der Waals surface area contributed by atoms with Crippen LogP contribution in [-0.4, -0.2) is 4.98 Å². The van der Waals surface area contributed by atoms with Crippen LogP contribution in [0.25, 0.3) is 10.9 Å². The molecular weight excluding hydrogens is 208 g/mol. The molecule has 0 atom stereocenters. The summed E-state index contributed by atoms with van der Waals surface area (Å²) in [5, 5.41) is 10.1. The standard InChI is InChI=1S/C15H16N2/c1-10-7-11(9-16)8-13-12(10)5-6-14(17-13)15(2,3)4/h5-8H,1-4H3. The Morgan fingerprint density at radius 1 is 1.18 bits per heavy atom. The summed E-state index contributed by atoms with van der Waals surface area (Å²) < 4.78 is 0. The molecule has 0 N–H and O–H groups in total. The van der Waals surface area contributed by atoms with Gasteiger partial charge >= 0.3 is 0 Å². The molecule has 0 radical (unpaired) electrons. The van der Waals surface area contributed by atoms with Crippen molar-refractivity contribution < 1.29 is 0 Å². The quantitative estimate of drug-likeness (QED) is 0.684. The molecular formula is C15H16N2. The highest BCUT2D eigenvalue weighted by atomic mass is 14.7. The summed E-state index contributed by atoms with van der Waals surface area (Å²) in [7, 11) is 0. The van der Waals surface area contributed by atoms with Crippen molar-refractivity contribution in [3.63, 3.8) is 0 Å². The van der Waals surface area contributed by atoms with Gasteiger partial charge in [-0.1, -0.05) is 26.8 Å². The minimum atomic E-state index is 0.0325. The SMILES string of the molecule is Cc1cc(C#N)cc2nc(C(C)(C)C)ccc12. The van der Waals surface area contributed by atoms with Crippen molar-refractivity contribution in [2.75, 3.05) is 0 Å². The van der Waals surface area contributed by atoms with Crippen molar-refractivity contribution in [3.8, 4) is 6.07 Å². The molecule has 2 rings (SSSR count). The highest BCUT2D eigenvalue weighted by molar-refractivity contribution is 5.83. The molecule has 2 aromatic rings. The largest absolute Gasteiger partial charge is 0.252 e. The molecule has 0 amide bonds. The van der Waals surface area contributed by atoms with Crippen molar-refractivity contribution in [3.05, 3.63) is 41.1 Å². The summed E-state index contributed by atoms with van der Waals surface area (Å²) in [5.41, 5.74) is 3.78. The van der Waals surface area contributed by atoms with Crippen molar-refractivity contribution in [2.24, 2.45) is 0 Å². The van der Waals surface area contributed by atoms with Gasteiger partial charge in [0.25, 0.3) is 0 Å². The Labute approximate surface area is 102 Å². The average Bonchev–Trinajstić information content (AvgIpc) is 2.27. The van der Waals surface area contributed by atoms with E-state index in [1.165, 1.54) is 0 Å². The minimum absolute atomic E-state index is 0.0325. The molecule has 0 fully saturated rings. The second kappa shape index (κ2) is 3.85. The van der Waals surface area contributed by atoms with Gasteiger partial charge in [0.05, 0.1) is 17.1 Å². The van der Waals surface area contributed by atoms with E-state index in [-0.39, 0.29) is 5.41 Å². The van der Waals surface area contributed by atoms with Gasteiger partial charge in [-0.2, -0.15) is 5.26 Å². The van der Waals surface area contributed by atoms with E-state index in [0.29, 0.717) is 5.56 Å². The van der Waals surface area contributed by atoms with E-state index in [2.05, 4.69) is 44.0 Å². The Balaban J connectivity index is 2.73. The average molecular weight is 224 g/mol. The van der Waals surface area contributed by atoms with Crippen molar-refractivity contribution >= 4 is 10.9 Å². The molecule has 1 heterocycles. The molecule has 17 heavy (non-hydrogen) atoms. The van der Waals surface area contributed by atoms with Crippen molar-refractivity contribution in [1.29, 1.82) is 5.26 Å². The second-order valence-electron chi connectivity index (χ2n) is 5.42. The number of nitrogens with zero attached hydrogens (tertiary/aromatic N) is 2. The van der Waals surface area contributed by atoms with Crippen LogP contribution in [0, 0.1) is 18.3 Å². The highest BCUT2D eigenvalue weighted by Gasteiger charge is 2.15. The van der Waals surface area contributed by atoms with Gasteiger partial charge < -0.3 is 0 Å². The minimum Gasteiger partial charge on any atom is -0.252 e. The Morgan fingerprint density at radius 2 is 1.88 bits per heavy atom. The van der Waals surface area contributed by atoms with Gasteiger partial charge in [0.15, 0.2) is 0 Å². The highest BCUT2D eigenvalue weighted by Crippen LogP contribution is 2.25. The first-order chi connectivity index (χ1) is 7.91. The number of rotatable bonds is 0. The predicted molar refractivity (Wildman–Crippen MR) is 69.9 cm³/mol. The third-order valence-electron chi connectivity index (χ3n) is 2.91. The third kappa shape index (κ3) is 2.14. The van der Waals surface area contributed by atoms with Crippen molar-refractivity contribution in [1.82, 2.24) is 4.98 Å². The van der Waals surface area contributed by atoms with Gasteiger partial charge in [0.2, 0.25) is 0 Å². The zero-order valence-electron chi connectivity index (χ0n) is 10.7. The molecule has 0 saturated carbocycles. The molecule has 0 bridgehead atoms. The third-order valence-corrected chi connectivity index (χ3v) is 2.91. The molecule has 2 nitrogen and oxygen atoms in total. The number of hydrogen-bond acceptors (Lipinski definition) is 2. The van der Waals surface area contributed by atoms with Crippen LogP contribution >= 0.6 is 0 Å². The van der Waals surface area contributed by atoms with Crippen LogP contribution in [0.4, 0.5) is 0 Å². The predicted octanol–water partition coefficient (Wildman–Crippen LogP) is 3.71. The molecule has 0 aliphatic heterocycles. The first kappa shape index (κ1) is 11.6. The van der Waals surface area contributed by atoms with E-state index >= 15 is 0 Å². The fourth-order valence-electron chi connectivity index (χ4n) is 1.90. The second-order valence-corrected chi connectivity index (χ2v) is 5.42. The number of pyridine rings is 1. The van der Waals surface area contributed by atoms with E-state index in [4.69, 9.17) is 5.26 Å². The normalized spacial score (nSPS) is 11.5. The summed E-state index contributed by atoms with van der Waals surface area (Å²) >= 11 is 0. The van der Waals surface area contributed by atoms with Crippen LogP contribution in [0.5, 0.6) is 0 Å².